The van der Waals surface area contributed by atoms with Crippen molar-refractivity contribution < 1.29 is 9.53 Å². The Morgan fingerprint density at radius 1 is 1.62 bits per heavy atom. The van der Waals surface area contributed by atoms with E-state index in [0.717, 1.165) is 38.9 Å². The quantitative estimate of drug-likeness (QED) is 0.626. The van der Waals surface area contributed by atoms with Crippen molar-refractivity contribution in [2.75, 3.05) is 19.6 Å². The average Bonchev–Trinajstić information content (AvgIpc) is 2.13. The van der Waals surface area contributed by atoms with Crippen LogP contribution in [0.1, 0.15) is 26.2 Å². The highest BCUT2D eigenvalue weighted by atomic mass is 16.6. The number of carbonyl (C=O) groups is 1. The lowest BCUT2D eigenvalue weighted by atomic mass is 10.1. The minimum atomic E-state index is -0.272. The van der Waals surface area contributed by atoms with Crippen molar-refractivity contribution in [1.82, 2.24) is 10.6 Å². The van der Waals surface area contributed by atoms with E-state index >= 15 is 0 Å². The van der Waals surface area contributed by atoms with Gasteiger partial charge in [0.15, 0.2) is 0 Å². The first-order valence-corrected chi connectivity index (χ1v) is 4.98. The van der Waals surface area contributed by atoms with Crippen molar-refractivity contribution in [1.29, 1.82) is 0 Å². The monoisotopic (exact) mass is 186 g/mol. The van der Waals surface area contributed by atoms with E-state index in [-0.39, 0.29) is 12.2 Å². The van der Waals surface area contributed by atoms with Crippen LogP contribution in [0.15, 0.2) is 0 Å². The summed E-state index contributed by atoms with van der Waals surface area (Å²) < 4.78 is 5.08. The lowest BCUT2D eigenvalue weighted by molar-refractivity contribution is 0.0695. The van der Waals surface area contributed by atoms with E-state index in [9.17, 15) is 4.79 Å². The number of amides is 1. The van der Waals surface area contributed by atoms with Crippen LogP contribution in [0, 0.1) is 0 Å². The minimum Gasteiger partial charge on any atom is -0.446 e. The van der Waals surface area contributed by atoms with Gasteiger partial charge in [-0.2, -0.15) is 0 Å². The van der Waals surface area contributed by atoms with Crippen molar-refractivity contribution in [2.45, 2.75) is 32.3 Å². The number of ether oxygens (including phenoxy) is 1. The zero-order valence-corrected chi connectivity index (χ0v) is 8.14. The van der Waals surface area contributed by atoms with Crippen molar-refractivity contribution in [2.24, 2.45) is 0 Å². The largest absolute Gasteiger partial charge is 0.446 e. The van der Waals surface area contributed by atoms with E-state index in [0.29, 0.717) is 0 Å². The Labute approximate surface area is 79.0 Å². The fourth-order valence-electron chi connectivity index (χ4n) is 1.36. The van der Waals surface area contributed by atoms with Crippen LogP contribution in [0.5, 0.6) is 0 Å². The highest BCUT2D eigenvalue weighted by Gasteiger charge is 2.18. The summed E-state index contributed by atoms with van der Waals surface area (Å²) in [6, 6.07) is 0. The van der Waals surface area contributed by atoms with E-state index in [1.165, 1.54) is 0 Å². The molecule has 4 nitrogen and oxygen atoms in total. The number of rotatable bonds is 5. The Morgan fingerprint density at radius 3 is 3.15 bits per heavy atom. The normalized spacial score (nSPS) is 22.2. The molecule has 1 heterocycles. The van der Waals surface area contributed by atoms with Crippen molar-refractivity contribution in [3.63, 3.8) is 0 Å². The zero-order chi connectivity index (χ0) is 9.52. The first-order valence-electron chi connectivity index (χ1n) is 4.98. The second-order valence-electron chi connectivity index (χ2n) is 3.28. The third-order valence-corrected chi connectivity index (χ3v) is 2.08. The summed E-state index contributed by atoms with van der Waals surface area (Å²) in [5.74, 6) is 0. The Hall–Kier alpha value is -0.770. The average molecular weight is 186 g/mol. The van der Waals surface area contributed by atoms with E-state index in [2.05, 4.69) is 17.6 Å². The van der Waals surface area contributed by atoms with Gasteiger partial charge in [-0.1, -0.05) is 6.92 Å². The molecule has 4 heteroatoms. The predicted octanol–water partition coefficient (Wildman–Crippen LogP) is 0.875. The molecule has 0 bridgehead atoms. The van der Waals surface area contributed by atoms with Gasteiger partial charge >= 0.3 is 6.09 Å². The van der Waals surface area contributed by atoms with Gasteiger partial charge in [-0.05, 0) is 25.9 Å². The number of carbonyl (C=O) groups excluding carboxylic acids is 1. The Kier molecular flexibility index (Phi) is 4.60. The molecule has 0 aromatic heterocycles. The van der Waals surface area contributed by atoms with E-state index in [1.807, 2.05) is 0 Å². The Morgan fingerprint density at radius 2 is 2.46 bits per heavy atom. The molecule has 0 saturated carbocycles. The number of alkyl carbamates (subject to hydrolysis) is 1. The molecular weight excluding hydrogens is 168 g/mol. The SMILES string of the molecule is CCCNCCC1CCNC(=O)O1. The van der Waals surface area contributed by atoms with Crippen LogP contribution in [0.2, 0.25) is 0 Å². The molecule has 1 amide bonds. The number of hydrogen-bond donors (Lipinski definition) is 2. The van der Waals surface area contributed by atoms with Crippen LogP contribution in [-0.2, 0) is 4.74 Å². The number of cyclic esters (lactones) is 1. The maximum atomic E-state index is 10.8. The van der Waals surface area contributed by atoms with E-state index < -0.39 is 0 Å². The van der Waals surface area contributed by atoms with Gasteiger partial charge < -0.3 is 15.4 Å². The molecule has 13 heavy (non-hydrogen) atoms. The smallest absolute Gasteiger partial charge is 0.407 e. The first-order chi connectivity index (χ1) is 6.33. The number of nitrogens with one attached hydrogen (secondary N) is 2. The van der Waals surface area contributed by atoms with Gasteiger partial charge in [0, 0.05) is 13.0 Å². The first kappa shape index (κ1) is 10.3. The maximum Gasteiger partial charge on any atom is 0.407 e. The molecule has 0 radical (unpaired) electrons. The number of hydrogen-bond acceptors (Lipinski definition) is 3. The van der Waals surface area contributed by atoms with E-state index in [1.54, 1.807) is 0 Å². The summed E-state index contributed by atoms with van der Waals surface area (Å²) >= 11 is 0. The fraction of sp³-hybridized carbons (Fsp3) is 0.889. The molecule has 1 aliphatic heterocycles. The third kappa shape index (κ3) is 4.12. The summed E-state index contributed by atoms with van der Waals surface area (Å²) in [6.07, 6.45) is 2.84. The molecule has 1 rings (SSSR count). The van der Waals surface area contributed by atoms with Crippen molar-refractivity contribution in [3.8, 4) is 0 Å². The summed E-state index contributed by atoms with van der Waals surface area (Å²) in [6.45, 7) is 4.86. The van der Waals surface area contributed by atoms with Gasteiger partial charge in [0.2, 0.25) is 0 Å². The highest BCUT2D eigenvalue weighted by molar-refractivity contribution is 5.67. The molecule has 2 N–H and O–H groups in total. The molecule has 1 aliphatic rings. The van der Waals surface area contributed by atoms with Crippen molar-refractivity contribution in [3.05, 3.63) is 0 Å². The second-order valence-corrected chi connectivity index (χ2v) is 3.28. The van der Waals surface area contributed by atoms with Crippen LogP contribution in [0.4, 0.5) is 4.79 Å². The second kappa shape index (κ2) is 5.80. The van der Waals surface area contributed by atoms with Gasteiger partial charge in [-0.3, -0.25) is 0 Å². The Bertz CT molecular complexity index is 162. The predicted molar refractivity (Wildman–Crippen MR) is 50.7 cm³/mol. The minimum absolute atomic E-state index is 0.109. The van der Waals surface area contributed by atoms with Crippen LogP contribution < -0.4 is 10.6 Å². The lowest BCUT2D eigenvalue weighted by Crippen LogP contribution is -2.39. The summed E-state index contributed by atoms with van der Waals surface area (Å²) in [7, 11) is 0. The van der Waals surface area contributed by atoms with Gasteiger partial charge in [0.1, 0.15) is 6.10 Å². The molecule has 1 unspecified atom stereocenters. The topological polar surface area (TPSA) is 50.4 Å². The van der Waals surface area contributed by atoms with Gasteiger partial charge in [0.05, 0.1) is 0 Å². The van der Waals surface area contributed by atoms with Gasteiger partial charge in [0.25, 0.3) is 0 Å². The molecule has 0 aromatic rings. The molecule has 0 aliphatic carbocycles. The maximum absolute atomic E-state index is 10.8. The molecule has 0 aromatic carbocycles. The van der Waals surface area contributed by atoms with Crippen molar-refractivity contribution >= 4 is 6.09 Å². The van der Waals surface area contributed by atoms with Gasteiger partial charge in [-0.15, -0.1) is 0 Å². The highest BCUT2D eigenvalue weighted by Crippen LogP contribution is 2.06. The fourth-order valence-corrected chi connectivity index (χ4v) is 1.36. The Balaban J connectivity index is 2.03. The summed E-state index contributed by atoms with van der Waals surface area (Å²) in [5, 5.41) is 5.92. The molecule has 0 spiro atoms. The molecular formula is C9H18N2O2. The summed E-state index contributed by atoms with van der Waals surface area (Å²) in [5.41, 5.74) is 0. The third-order valence-electron chi connectivity index (χ3n) is 2.08. The van der Waals surface area contributed by atoms with Crippen LogP contribution in [0.25, 0.3) is 0 Å². The van der Waals surface area contributed by atoms with Crippen LogP contribution >= 0.6 is 0 Å². The van der Waals surface area contributed by atoms with Crippen LogP contribution in [0.3, 0.4) is 0 Å². The molecule has 76 valence electrons. The van der Waals surface area contributed by atoms with Crippen LogP contribution in [-0.4, -0.2) is 31.8 Å². The van der Waals surface area contributed by atoms with Gasteiger partial charge in [-0.25, -0.2) is 4.79 Å². The lowest BCUT2D eigenvalue weighted by Gasteiger charge is -2.23. The standard InChI is InChI=1S/C9H18N2O2/c1-2-5-10-6-3-8-4-7-11-9(12)13-8/h8,10H,2-7H2,1H3,(H,11,12). The van der Waals surface area contributed by atoms with E-state index in [4.69, 9.17) is 4.74 Å². The summed E-state index contributed by atoms with van der Waals surface area (Å²) in [4.78, 5) is 10.8. The zero-order valence-electron chi connectivity index (χ0n) is 8.14. The molecule has 1 saturated heterocycles. The molecule has 1 atom stereocenters. The molecule has 1 fully saturated rings.